The van der Waals surface area contributed by atoms with Crippen molar-refractivity contribution >= 4 is 11.6 Å². The Hall–Kier alpha value is -1.35. The minimum atomic E-state index is -0.480. The van der Waals surface area contributed by atoms with Gasteiger partial charge in [-0.25, -0.2) is 0 Å². The molecule has 0 fully saturated rings. The Kier molecular flexibility index (Phi) is 1.20. The fourth-order valence-electron chi connectivity index (χ4n) is 1.23. The summed E-state index contributed by atoms with van der Waals surface area (Å²) in [7, 11) is 0. The van der Waals surface area contributed by atoms with Gasteiger partial charge in [-0.2, -0.15) is 0 Å². The first kappa shape index (κ1) is 6.37. The second-order valence-corrected chi connectivity index (χ2v) is 2.55. The van der Waals surface area contributed by atoms with E-state index in [0.717, 1.165) is 11.3 Å². The number of carbonyl (C=O) groups excluding carboxylic acids is 1. The van der Waals surface area contributed by atoms with E-state index in [1.54, 1.807) is 0 Å². The smallest absolute Gasteiger partial charge is 0.245 e. The monoisotopic (exact) mass is 148 g/mol. The molecule has 1 atom stereocenters. The molecule has 11 heavy (non-hydrogen) atoms. The number of nitrogens with one attached hydrogen (secondary N) is 1. The van der Waals surface area contributed by atoms with Crippen LogP contribution in [-0.4, -0.2) is 5.91 Å². The van der Waals surface area contributed by atoms with Crippen molar-refractivity contribution in [3.05, 3.63) is 29.8 Å². The number of para-hydroxylation sites is 1. The van der Waals surface area contributed by atoms with Gasteiger partial charge in [-0.1, -0.05) is 18.2 Å². The van der Waals surface area contributed by atoms with E-state index in [9.17, 15) is 4.79 Å². The van der Waals surface area contributed by atoms with Gasteiger partial charge >= 0.3 is 0 Å². The third-order valence-electron chi connectivity index (χ3n) is 1.84. The van der Waals surface area contributed by atoms with Crippen molar-refractivity contribution in [2.24, 2.45) is 5.73 Å². The van der Waals surface area contributed by atoms with Crippen molar-refractivity contribution in [2.75, 3.05) is 5.32 Å². The molecule has 0 spiro atoms. The zero-order valence-corrected chi connectivity index (χ0v) is 5.87. The van der Waals surface area contributed by atoms with Crippen LogP contribution in [0.1, 0.15) is 11.6 Å². The maximum absolute atomic E-state index is 11.0. The normalized spacial score (nSPS) is 21.2. The molecule has 0 aromatic heterocycles. The van der Waals surface area contributed by atoms with Crippen LogP contribution in [0.2, 0.25) is 0 Å². The SMILES string of the molecule is NC1C(=O)Nc2ccccc21. The van der Waals surface area contributed by atoms with Gasteiger partial charge in [-0.15, -0.1) is 0 Å². The van der Waals surface area contributed by atoms with Crippen molar-refractivity contribution < 1.29 is 4.79 Å². The molecular formula is C8H8N2O. The molecule has 0 bridgehead atoms. The number of rotatable bonds is 0. The van der Waals surface area contributed by atoms with E-state index in [1.807, 2.05) is 24.3 Å². The maximum atomic E-state index is 11.0. The van der Waals surface area contributed by atoms with Crippen molar-refractivity contribution in [3.8, 4) is 0 Å². The van der Waals surface area contributed by atoms with Crippen LogP contribution < -0.4 is 11.1 Å². The number of hydrogen-bond donors (Lipinski definition) is 2. The van der Waals surface area contributed by atoms with Gasteiger partial charge in [-0.05, 0) is 6.07 Å². The average molecular weight is 148 g/mol. The molecule has 0 saturated heterocycles. The maximum Gasteiger partial charge on any atom is 0.245 e. The molecule has 1 aliphatic heterocycles. The lowest BCUT2D eigenvalue weighted by Crippen LogP contribution is -2.19. The predicted octanol–water partition coefficient (Wildman–Crippen LogP) is 0.638. The Morgan fingerprint density at radius 1 is 1.36 bits per heavy atom. The minimum Gasteiger partial charge on any atom is -0.324 e. The molecule has 1 aromatic rings. The number of hydrogen-bond acceptors (Lipinski definition) is 2. The van der Waals surface area contributed by atoms with Crippen LogP contribution in [0.15, 0.2) is 24.3 Å². The number of amides is 1. The average Bonchev–Trinajstić information content (AvgIpc) is 2.30. The van der Waals surface area contributed by atoms with Crippen LogP contribution in [-0.2, 0) is 4.79 Å². The Balaban J connectivity index is 2.55. The van der Waals surface area contributed by atoms with Crippen molar-refractivity contribution in [3.63, 3.8) is 0 Å². The minimum absolute atomic E-state index is 0.119. The van der Waals surface area contributed by atoms with Crippen LogP contribution in [0.5, 0.6) is 0 Å². The first-order valence-corrected chi connectivity index (χ1v) is 3.44. The standard InChI is InChI=1S/C8H8N2O/c9-7-5-3-1-2-4-6(5)10-8(7)11/h1-4,7H,9H2,(H,10,11). The van der Waals surface area contributed by atoms with Crippen LogP contribution in [0.25, 0.3) is 0 Å². The van der Waals surface area contributed by atoms with Crippen LogP contribution >= 0.6 is 0 Å². The molecule has 1 aromatic carbocycles. The number of benzene rings is 1. The largest absolute Gasteiger partial charge is 0.324 e. The van der Waals surface area contributed by atoms with E-state index < -0.39 is 6.04 Å². The predicted molar refractivity (Wildman–Crippen MR) is 42.0 cm³/mol. The van der Waals surface area contributed by atoms with Crippen LogP contribution in [0.4, 0.5) is 5.69 Å². The third-order valence-corrected chi connectivity index (χ3v) is 1.84. The molecular weight excluding hydrogens is 140 g/mol. The van der Waals surface area contributed by atoms with Crippen LogP contribution in [0, 0.1) is 0 Å². The molecule has 3 heteroatoms. The first-order valence-electron chi connectivity index (χ1n) is 3.44. The molecule has 1 aliphatic rings. The Labute approximate surface area is 64.2 Å². The molecule has 2 rings (SSSR count). The first-order chi connectivity index (χ1) is 5.29. The van der Waals surface area contributed by atoms with E-state index in [0.29, 0.717) is 0 Å². The highest BCUT2D eigenvalue weighted by Crippen LogP contribution is 2.27. The van der Waals surface area contributed by atoms with Gasteiger partial charge in [0, 0.05) is 11.3 Å². The summed E-state index contributed by atoms with van der Waals surface area (Å²) in [6.07, 6.45) is 0. The molecule has 1 heterocycles. The van der Waals surface area contributed by atoms with Crippen molar-refractivity contribution in [2.45, 2.75) is 6.04 Å². The summed E-state index contributed by atoms with van der Waals surface area (Å²) in [6, 6.07) is 6.97. The van der Waals surface area contributed by atoms with Gasteiger partial charge in [0.2, 0.25) is 5.91 Å². The van der Waals surface area contributed by atoms with E-state index in [-0.39, 0.29) is 5.91 Å². The summed E-state index contributed by atoms with van der Waals surface area (Å²) in [5.41, 5.74) is 7.30. The Morgan fingerprint density at radius 2 is 2.09 bits per heavy atom. The highest BCUT2D eigenvalue weighted by molar-refractivity contribution is 6.02. The molecule has 0 radical (unpaired) electrons. The molecule has 3 N–H and O–H groups in total. The van der Waals surface area contributed by atoms with Crippen molar-refractivity contribution in [1.82, 2.24) is 0 Å². The molecule has 1 unspecified atom stereocenters. The molecule has 1 amide bonds. The summed E-state index contributed by atoms with van der Waals surface area (Å²) in [4.78, 5) is 11.0. The number of carbonyl (C=O) groups is 1. The van der Waals surface area contributed by atoms with E-state index >= 15 is 0 Å². The number of nitrogens with two attached hydrogens (primary N) is 1. The van der Waals surface area contributed by atoms with E-state index in [2.05, 4.69) is 5.32 Å². The molecule has 0 saturated carbocycles. The summed E-state index contributed by atoms with van der Waals surface area (Å²) in [5, 5.41) is 2.68. The van der Waals surface area contributed by atoms with Gasteiger partial charge in [0.15, 0.2) is 0 Å². The third kappa shape index (κ3) is 0.816. The second kappa shape index (κ2) is 2.07. The van der Waals surface area contributed by atoms with Gasteiger partial charge in [0.05, 0.1) is 0 Å². The number of anilines is 1. The number of fused-ring (bicyclic) bond motifs is 1. The zero-order valence-electron chi connectivity index (χ0n) is 5.87. The highest BCUT2D eigenvalue weighted by atomic mass is 16.2. The topological polar surface area (TPSA) is 55.1 Å². The summed E-state index contributed by atoms with van der Waals surface area (Å²) in [6.45, 7) is 0. The van der Waals surface area contributed by atoms with Gasteiger partial charge in [0.25, 0.3) is 0 Å². The molecule has 3 nitrogen and oxygen atoms in total. The van der Waals surface area contributed by atoms with Gasteiger partial charge in [-0.3, -0.25) is 4.79 Å². The van der Waals surface area contributed by atoms with Crippen LogP contribution in [0.3, 0.4) is 0 Å². The Bertz CT molecular complexity index is 309. The molecule has 0 aliphatic carbocycles. The second-order valence-electron chi connectivity index (χ2n) is 2.55. The fraction of sp³-hybridized carbons (Fsp3) is 0.125. The zero-order chi connectivity index (χ0) is 7.84. The van der Waals surface area contributed by atoms with E-state index in [4.69, 9.17) is 5.73 Å². The van der Waals surface area contributed by atoms with Gasteiger partial charge in [0.1, 0.15) is 6.04 Å². The Morgan fingerprint density at radius 3 is 2.82 bits per heavy atom. The van der Waals surface area contributed by atoms with Crippen molar-refractivity contribution in [1.29, 1.82) is 0 Å². The quantitative estimate of drug-likeness (QED) is 0.567. The summed E-state index contributed by atoms with van der Waals surface area (Å²) in [5.74, 6) is -0.119. The molecule has 56 valence electrons. The lowest BCUT2D eigenvalue weighted by atomic mass is 10.1. The lowest BCUT2D eigenvalue weighted by Gasteiger charge is -1.97. The summed E-state index contributed by atoms with van der Waals surface area (Å²) >= 11 is 0. The highest BCUT2D eigenvalue weighted by Gasteiger charge is 2.25. The van der Waals surface area contributed by atoms with E-state index in [1.165, 1.54) is 0 Å². The summed E-state index contributed by atoms with van der Waals surface area (Å²) < 4.78 is 0. The fourth-order valence-corrected chi connectivity index (χ4v) is 1.23. The lowest BCUT2D eigenvalue weighted by molar-refractivity contribution is -0.116. The van der Waals surface area contributed by atoms with Gasteiger partial charge < -0.3 is 11.1 Å².